The van der Waals surface area contributed by atoms with Crippen LogP contribution in [0.4, 0.5) is 10.3 Å². The first-order chi connectivity index (χ1) is 9.06. The zero-order valence-corrected chi connectivity index (χ0v) is 10.8. The molecule has 0 saturated heterocycles. The molecule has 0 aliphatic heterocycles. The number of fused-ring (bicyclic) bond motifs is 1. The fourth-order valence-electron chi connectivity index (χ4n) is 2.26. The Morgan fingerprint density at radius 2 is 1.95 bits per heavy atom. The van der Waals surface area contributed by atoms with E-state index in [0.29, 0.717) is 17.0 Å². The molecule has 2 aromatic carbocycles. The summed E-state index contributed by atoms with van der Waals surface area (Å²) in [6.45, 7) is 3.75. The molecule has 0 atom stereocenters. The van der Waals surface area contributed by atoms with Crippen molar-refractivity contribution in [3.8, 4) is 5.69 Å². The van der Waals surface area contributed by atoms with Gasteiger partial charge in [-0.1, -0.05) is 12.1 Å². The van der Waals surface area contributed by atoms with Crippen LogP contribution in [-0.4, -0.2) is 9.55 Å². The predicted molar refractivity (Wildman–Crippen MR) is 74.9 cm³/mol. The zero-order valence-electron chi connectivity index (χ0n) is 10.8. The normalized spacial score (nSPS) is 11.1. The van der Waals surface area contributed by atoms with Gasteiger partial charge in [-0.05, 0) is 43.2 Å². The van der Waals surface area contributed by atoms with Gasteiger partial charge in [0.15, 0.2) is 0 Å². The van der Waals surface area contributed by atoms with Crippen LogP contribution in [-0.2, 0) is 0 Å². The van der Waals surface area contributed by atoms with Crippen LogP contribution in [0.1, 0.15) is 11.1 Å². The Morgan fingerprint density at radius 1 is 1.16 bits per heavy atom. The Balaban J connectivity index is 2.34. The predicted octanol–water partition coefficient (Wildman–Crippen LogP) is 3.36. The van der Waals surface area contributed by atoms with E-state index >= 15 is 0 Å². The minimum atomic E-state index is -0.263. The van der Waals surface area contributed by atoms with Crippen LogP contribution in [0.15, 0.2) is 36.4 Å². The summed E-state index contributed by atoms with van der Waals surface area (Å²) in [4.78, 5) is 4.22. The number of hydrogen-bond donors (Lipinski definition) is 1. The molecule has 0 saturated carbocycles. The lowest BCUT2D eigenvalue weighted by Gasteiger charge is -2.07. The molecule has 96 valence electrons. The number of aryl methyl sites for hydroxylation is 2. The minimum absolute atomic E-state index is 0.263. The molecule has 0 fully saturated rings. The van der Waals surface area contributed by atoms with Crippen molar-refractivity contribution in [3.05, 3.63) is 53.3 Å². The van der Waals surface area contributed by atoms with Crippen molar-refractivity contribution in [1.29, 1.82) is 0 Å². The molecular formula is C15H14FN3. The summed E-state index contributed by atoms with van der Waals surface area (Å²) in [5.41, 5.74) is 10.0. The van der Waals surface area contributed by atoms with Crippen molar-refractivity contribution in [1.82, 2.24) is 9.55 Å². The molecule has 19 heavy (non-hydrogen) atoms. The average molecular weight is 255 g/mol. The van der Waals surface area contributed by atoms with E-state index in [2.05, 4.69) is 4.98 Å². The maximum Gasteiger partial charge on any atom is 0.205 e. The average Bonchev–Trinajstić information content (AvgIpc) is 2.65. The van der Waals surface area contributed by atoms with E-state index in [0.717, 1.165) is 16.8 Å². The second-order valence-electron chi connectivity index (χ2n) is 4.73. The Bertz CT molecular complexity index is 774. The standard InChI is InChI=1S/C15H14FN3/c1-9-4-3-5-11(6-9)19-14-7-10(2)12(16)8-13(14)18-15(19)17/h3-8H,1-2H3,(H2,17,18). The quantitative estimate of drug-likeness (QED) is 0.724. The first-order valence-corrected chi connectivity index (χ1v) is 6.07. The van der Waals surface area contributed by atoms with E-state index in [1.54, 1.807) is 13.0 Å². The highest BCUT2D eigenvalue weighted by atomic mass is 19.1. The SMILES string of the molecule is Cc1cccc(-n2c(N)nc3cc(F)c(C)cc32)c1. The van der Waals surface area contributed by atoms with Gasteiger partial charge in [0.05, 0.1) is 11.0 Å². The van der Waals surface area contributed by atoms with E-state index in [-0.39, 0.29) is 5.82 Å². The van der Waals surface area contributed by atoms with Crippen LogP contribution in [0.2, 0.25) is 0 Å². The van der Waals surface area contributed by atoms with Crippen molar-refractivity contribution in [3.63, 3.8) is 0 Å². The number of nitrogens with zero attached hydrogens (tertiary/aromatic N) is 2. The van der Waals surface area contributed by atoms with Gasteiger partial charge in [0.25, 0.3) is 0 Å². The molecule has 0 bridgehead atoms. The van der Waals surface area contributed by atoms with E-state index in [9.17, 15) is 4.39 Å². The number of imidazole rings is 1. The van der Waals surface area contributed by atoms with Crippen LogP contribution < -0.4 is 5.73 Å². The summed E-state index contributed by atoms with van der Waals surface area (Å²) in [5, 5.41) is 0. The molecule has 0 radical (unpaired) electrons. The molecular weight excluding hydrogens is 241 g/mol. The highest BCUT2D eigenvalue weighted by molar-refractivity contribution is 5.81. The fourth-order valence-corrected chi connectivity index (χ4v) is 2.26. The number of halogens is 1. The lowest BCUT2D eigenvalue weighted by Crippen LogP contribution is -2.00. The molecule has 3 rings (SSSR count). The summed E-state index contributed by atoms with van der Waals surface area (Å²) >= 11 is 0. The summed E-state index contributed by atoms with van der Waals surface area (Å²) in [6.07, 6.45) is 0. The Labute approximate surface area is 110 Å². The smallest absolute Gasteiger partial charge is 0.205 e. The summed E-state index contributed by atoms with van der Waals surface area (Å²) < 4.78 is 15.4. The van der Waals surface area contributed by atoms with Crippen LogP contribution >= 0.6 is 0 Å². The Morgan fingerprint density at radius 3 is 2.68 bits per heavy atom. The van der Waals surface area contributed by atoms with Gasteiger partial charge in [0.2, 0.25) is 5.95 Å². The number of hydrogen-bond acceptors (Lipinski definition) is 2. The van der Waals surface area contributed by atoms with E-state index in [1.807, 2.05) is 35.8 Å². The van der Waals surface area contributed by atoms with Gasteiger partial charge in [-0.2, -0.15) is 0 Å². The van der Waals surface area contributed by atoms with Gasteiger partial charge >= 0.3 is 0 Å². The largest absolute Gasteiger partial charge is 0.369 e. The van der Waals surface area contributed by atoms with E-state index < -0.39 is 0 Å². The van der Waals surface area contributed by atoms with Gasteiger partial charge in [-0.15, -0.1) is 0 Å². The van der Waals surface area contributed by atoms with Crippen molar-refractivity contribution in [2.75, 3.05) is 5.73 Å². The molecule has 1 aromatic heterocycles. The maximum atomic E-state index is 13.6. The van der Waals surface area contributed by atoms with Gasteiger partial charge in [0.1, 0.15) is 5.82 Å². The molecule has 3 aromatic rings. The van der Waals surface area contributed by atoms with Gasteiger partial charge in [-0.3, -0.25) is 4.57 Å². The zero-order chi connectivity index (χ0) is 13.6. The molecule has 0 unspecified atom stereocenters. The van der Waals surface area contributed by atoms with Crippen molar-refractivity contribution in [2.45, 2.75) is 13.8 Å². The molecule has 3 nitrogen and oxygen atoms in total. The third-order valence-corrected chi connectivity index (χ3v) is 3.22. The Hall–Kier alpha value is -2.36. The van der Waals surface area contributed by atoms with Gasteiger partial charge < -0.3 is 5.73 Å². The van der Waals surface area contributed by atoms with Crippen molar-refractivity contribution < 1.29 is 4.39 Å². The molecule has 4 heteroatoms. The third kappa shape index (κ3) is 1.85. The van der Waals surface area contributed by atoms with E-state index in [4.69, 9.17) is 5.73 Å². The van der Waals surface area contributed by atoms with Crippen molar-refractivity contribution in [2.24, 2.45) is 0 Å². The van der Waals surface area contributed by atoms with E-state index in [1.165, 1.54) is 6.07 Å². The second kappa shape index (κ2) is 4.09. The lowest BCUT2D eigenvalue weighted by molar-refractivity contribution is 0.620. The number of anilines is 1. The molecule has 2 N–H and O–H groups in total. The lowest BCUT2D eigenvalue weighted by atomic mass is 10.2. The van der Waals surface area contributed by atoms with Crippen LogP contribution in [0.25, 0.3) is 16.7 Å². The number of rotatable bonds is 1. The number of nitrogen functional groups attached to an aromatic ring is 1. The Kier molecular flexibility index (Phi) is 2.52. The molecule has 0 spiro atoms. The highest BCUT2D eigenvalue weighted by Crippen LogP contribution is 2.25. The van der Waals surface area contributed by atoms with Gasteiger partial charge in [0, 0.05) is 11.8 Å². The van der Waals surface area contributed by atoms with Crippen LogP contribution in [0.3, 0.4) is 0 Å². The maximum absolute atomic E-state index is 13.6. The fraction of sp³-hybridized carbons (Fsp3) is 0.133. The first-order valence-electron chi connectivity index (χ1n) is 6.07. The number of aromatic nitrogens is 2. The molecule has 1 heterocycles. The monoisotopic (exact) mass is 255 g/mol. The number of nitrogens with two attached hydrogens (primary N) is 1. The first kappa shape index (κ1) is 11.7. The minimum Gasteiger partial charge on any atom is -0.369 e. The molecule has 0 amide bonds. The summed E-state index contributed by atoms with van der Waals surface area (Å²) in [5.74, 6) is 0.104. The van der Waals surface area contributed by atoms with Crippen LogP contribution in [0, 0.1) is 19.7 Å². The van der Waals surface area contributed by atoms with Gasteiger partial charge in [-0.25, -0.2) is 9.37 Å². The number of benzene rings is 2. The van der Waals surface area contributed by atoms with Crippen molar-refractivity contribution >= 4 is 17.0 Å². The highest BCUT2D eigenvalue weighted by Gasteiger charge is 2.12. The topological polar surface area (TPSA) is 43.8 Å². The summed E-state index contributed by atoms with van der Waals surface area (Å²) in [6, 6.07) is 11.2. The molecule has 0 aliphatic carbocycles. The second-order valence-corrected chi connectivity index (χ2v) is 4.73. The third-order valence-electron chi connectivity index (χ3n) is 3.22. The molecule has 0 aliphatic rings. The summed E-state index contributed by atoms with van der Waals surface area (Å²) in [7, 11) is 0. The van der Waals surface area contributed by atoms with Crippen LogP contribution in [0.5, 0.6) is 0 Å².